The summed E-state index contributed by atoms with van der Waals surface area (Å²) in [5.41, 5.74) is 6.21. The monoisotopic (exact) mass is 388 g/mol. The van der Waals surface area contributed by atoms with E-state index in [2.05, 4.69) is 10.3 Å². The van der Waals surface area contributed by atoms with Crippen molar-refractivity contribution in [1.82, 2.24) is 14.9 Å². The van der Waals surface area contributed by atoms with Crippen LogP contribution in [0.5, 0.6) is 0 Å². The second kappa shape index (κ2) is 8.51. The van der Waals surface area contributed by atoms with Crippen LogP contribution in [-0.4, -0.2) is 51.0 Å². The topological polar surface area (TPSA) is 140 Å². The fourth-order valence-corrected chi connectivity index (χ4v) is 3.26. The van der Waals surface area contributed by atoms with Gasteiger partial charge in [0.05, 0.1) is 18.3 Å². The molecule has 4 atom stereocenters. The number of hydrogen-bond donors (Lipinski definition) is 4. The highest BCUT2D eigenvalue weighted by Crippen LogP contribution is 2.33. The van der Waals surface area contributed by atoms with Crippen molar-refractivity contribution in [3.8, 4) is 0 Å². The fourth-order valence-electron chi connectivity index (χ4n) is 3.26. The zero-order valence-corrected chi connectivity index (χ0v) is 15.5. The number of nitrogen functional groups attached to an aromatic ring is 1. The summed E-state index contributed by atoms with van der Waals surface area (Å²) in [5.74, 6) is -1.11. The van der Waals surface area contributed by atoms with Crippen LogP contribution < -0.4 is 16.7 Å². The molecule has 9 nitrogen and oxygen atoms in total. The molecule has 2 aromatic rings. The molecule has 0 aliphatic carbocycles. The summed E-state index contributed by atoms with van der Waals surface area (Å²) in [6.07, 6.45) is -0.679. The predicted octanol–water partition coefficient (Wildman–Crippen LogP) is -0.315. The standard InChI is InChI=1S/C19H24N4O5/c1-11-15(25)14(10-24)28-18(11)23-9-13(16(20)22-19(23)27)17(26)21-8-7-12-5-3-2-4-6-12/h2-6,9,11,14-15,18,24-25H,7-8,10H2,1H3,(H,21,26)(H2,20,22,27)/t11-,14+,15?,18+/m0/s1. The second-order valence-corrected chi connectivity index (χ2v) is 6.82. The van der Waals surface area contributed by atoms with Crippen LogP contribution in [0.25, 0.3) is 0 Å². The van der Waals surface area contributed by atoms with E-state index in [0.717, 1.165) is 10.1 Å². The van der Waals surface area contributed by atoms with Crippen molar-refractivity contribution in [2.45, 2.75) is 31.8 Å². The summed E-state index contributed by atoms with van der Waals surface area (Å²) in [6, 6.07) is 9.69. The lowest BCUT2D eigenvalue weighted by molar-refractivity contribution is -0.0476. The van der Waals surface area contributed by atoms with Gasteiger partial charge in [0.25, 0.3) is 5.91 Å². The van der Waals surface area contributed by atoms with Crippen molar-refractivity contribution in [3.63, 3.8) is 0 Å². The minimum atomic E-state index is -0.942. The van der Waals surface area contributed by atoms with Gasteiger partial charge in [0.15, 0.2) is 0 Å². The summed E-state index contributed by atoms with van der Waals surface area (Å²) in [7, 11) is 0. The molecule has 150 valence electrons. The van der Waals surface area contributed by atoms with Gasteiger partial charge in [0.2, 0.25) is 0 Å². The van der Waals surface area contributed by atoms with Gasteiger partial charge in [-0.25, -0.2) is 4.79 Å². The molecule has 1 aliphatic heterocycles. The lowest BCUT2D eigenvalue weighted by Crippen LogP contribution is -2.34. The molecule has 9 heteroatoms. The lowest BCUT2D eigenvalue weighted by atomic mass is 10.0. The average Bonchev–Trinajstić information content (AvgIpc) is 2.97. The van der Waals surface area contributed by atoms with Gasteiger partial charge in [0, 0.05) is 18.7 Å². The van der Waals surface area contributed by atoms with E-state index in [4.69, 9.17) is 10.5 Å². The Morgan fingerprint density at radius 2 is 2.07 bits per heavy atom. The molecule has 1 saturated heterocycles. The van der Waals surface area contributed by atoms with Crippen LogP contribution in [-0.2, 0) is 11.2 Å². The van der Waals surface area contributed by atoms with E-state index in [1.165, 1.54) is 6.20 Å². The van der Waals surface area contributed by atoms with E-state index in [1.807, 2.05) is 30.3 Å². The van der Waals surface area contributed by atoms with Gasteiger partial charge < -0.3 is 26.0 Å². The smallest absolute Gasteiger partial charge is 0.351 e. The molecule has 1 fully saturated rings. The molecule has 0 saturated carbocycles. The number of carbonyl (C=O) groups excluding carboxylic acids is 1. The third-order valence-electron chi connectivity index (χ3n) is 4.91. The molecule has 2 heterocycles. The highest BCUT2D eigenvalue weighted by molar-refractivity contribution is 5.97. The molecule has 0 radical (unpaired) electrons. The number of aliphatic hydroxyl groups is 2. The third-order valence-corrected chi connectivity index (χ3v) is 4.91. The number of benzene rings is 1. The number of rotatable bonds is 6. The van der Waals surface area contributed by atoms with Gasteiger partial charge in [-0.2, -0.15) is 4.98 Å². The van der Waals surface area contributed by atoms with E-state index < -0.39 is 36.0 Å². The van der Waals surface area contributed by atoms with Crippen molar-refractivity contribution in [3.05, 3.63) is 58.1 Å². The van der Waals surface area contributed by atoms with Crippen LogP contribution in [0.4, 0.5) is 5.82 Å². The number of hydrogen-bond acceptors (Lipinski definition) is 7. The van der Waals surface area contributed by atoms with Gasteiger partial charge in [-0.15, -0.1) is 0 Å². The zero-order valence-electron chi connectivity index (χ0n) is 15.5. The number of nitrogens with zero attached hydrogens (tertiary/aromatic N) is 2. The Labute approximate surface area is 161 Å². The van der Waals surface area contributed by atoms with E-state index in [9.17, 15) is 19.8 Å². The number of carbonyl (C=O) groups is 1. The normalized spacial score (nSPS) is 24.2. The lowest BCUT2D eigenvalue weighted by Gasteiger charge is -2.19. The van der Waals surface area contributed by atoms with E-state index in [1.54, 1.807) is 6.92 Å². The molecular formula is C19H24N4O5. The summed E-state index contributed by atoms with van der Waals surface area (Å²) in [4.78, 5) is 28.5. The van der Waals surface area contributed by atoms with Crippen molar-refractivity contribution in [2.24, 2.45) is 5.92 Å². The van der Waals surface area contributed by atoms with Gasteiger partial charge >= 0.3 is 5.69 Å². The zero-order chi connectivity index (χ0) is 20.3. The van der Waals surface area contributed by atoms with E-state index in [-0.39, 0.29) is 18.0 Å². The van der Waals surface area contributed by atoms with Crippen LogP contribution in [0.3, 0.4) is 0 Å². The van der Waals surface area contributed by atoms with E-state index in [0.29, 0.717) is 13.0 Å². The van der Waals surface area contributed by atoms with Gasteiger partial charge in [-0.1, -0.05) is 37.3 Å². The fraction of sp³-hybridized carbons (Fsp3) is 0.421. The molecule has 1 aromatic carbocycles. The quantitative estimate of drug-likeness (QED) is 0.532. The van der Waals surface area contributed by atoms with Crippen LogP contribution in [0.15, 0.2) is 41.3 Å². The molecule has 5 N–H and O–H groups in total. The maximum absolute atomic E-state index is 12.5. The first-order valence-corrected chi connectivity index (χ1v) is 9.07. The molecule has 0 spiro atoms. The highest BCUT2D eigenvalue weighted by atomic mass is 16.5. The van der Waals surface area contributed by atoms with Crippen molar-refractivity contribution in [1.29, 1.82) is 0 Å². The maximum Gasteiger partial charge on any atom is 0.351 e. The van der Waals surface area contributed by atoms with Crippen molar-refractivity contribution in [2.75, 3.05) is 18.9 Å². The minimum absolute atomic E-state index is 0.0467. The van der Waals surface area contributed by atoms with Gasteiger partial charge in [0.1, 0.15) is 18.1 Å². The Morgan fingerprint density at radius 1 is 1.36 bits per heavy atom. The molecule has 0 bridgehead atoms. The molecule has 1 aliphatic rings. The van der Waals surface area contributed by atoms with Gasteiger partial charge in [-0.3, -0.25) is 9.36 Å². The molecular weight excluding hydrogens is 364 g/mol. The number of amides is 1. The molecule has 1 amide bonds. The molecule has 28 heavy (non-hydrogen) atoms. The van der Waals surface area contributed by atoms with Crippen molar-refractivity contribution < 1.29 is 19.7 Å². The van der Waals surface area contributed by atoms with Crippen LogP contribution in [0.2, 0.25) is 0 Å². The van der Waals surface area contributed by atoms with Crippen LogP contribution >= 0.6 is 0 Å². The molecule has 3 rings (SSSR count). The molecule has 1 unspecified atom stereocenters. The van der Waals surface area contributed by atoms with Crippen LogP contribution in [0.1, 0.15) is 29.1 Å². The second-order valence-electron chi connectivity index (χ2n) is 6.82. The summed E-state index contributed by atoms with van der Waals surface area (Å²) < 4.78 is 6.70. The number of nitrogens with two attached hydrogens (primary N) is 1. The Hall–Kier alpha value is -2.75. The number of nitrogens with one attached hydrogen (secondary N) is 1. The average molecular weight is 388 g/mol. The summed E-state index contributed by atoms with van der Waals surface area (Å²) >= 11 is 0. The first-order valence-electron chi connectivity index (χ1n) is 9.07. The summed E-state index contributed by atoms with van der Waals surface area (Å²) in [5, 5.41) is 22.2. The summed E-state index contributed by atoms with van der Waals surface area (Å²) in [6.45, 7) is 1.70. The predicted molar refractivity (Wildman–Crippen MR) is 102 cm³/mol. The van der Waals surface area contributed by atoms with Gasteiger partial charge in [-0.05, 0) is 12.0 Å². The molecule has 1 aromatic heterocycles. The SMILES string of the molecule is C[C@H]1C(O)[C@@H](CO)O[C@H]1n1cc(C(=O)NCCc2ccccc2)c(N)nc1=O. The number of anilines is 1. The van der Waals surface area contributed by atoms with Crippen molar-refractivity contribution >= 4 is 11.7 Å². The van der Waals surface area contributed by atoms with Crippen LogP contribution in [0, 0.1) is 5.92 Å². The van der Waals surface area contributed by atoms with E-state index >= 15 is 0 Å². The third kappa shape index (κ3) is 4.06. The largest absolute Gasteiger partial charge is 0.394 e. The Bertz CT molecular complexity index is 886. The Balaban J connectivity index is 1.76. The Kier molecular flexibility index (Phi) is 6.08. The minimum Gasteiger partial charge on any atom is -0.394 e. The highest BCUT2D eigenvalue weighted by Gasteiger charge is 2.42. The number of aromatic nitrogens is 2. The number of ether oxygens (including phenoxy) is 1. The first-order chi connectivity index (χ1) is 13.4. The Morgan fingerprint density at radius 3 is 2.71 bits per heavy atom. The maximum atomic E-state index is 12.5. The number of aliphatic hydroxyl groups excluding tert-OH is 2. The first kappa shape index (κ1) is 20.0.